The zero-order chi connectivity index (χ0) is 22.7. The Bertz CT molecular complexity index is 922. The van der Waals surface area contributed by atoms with E-state index in [4.69, 9.17) is 4.74 Å². The molecule has 2 aliphatic rings. The molecule has 2 saturated heterocycles. The average molecular weight is 464 g/mol. The van der Waals surface area contributed by atoms with Crippen LogP contribution in [0, 0.1) is 6.92 Å². The van der Waals surface area contributed by atoms with Gasteiger partial charge in [-0.1, -0.05) is 0 Å². The Morgan fingerprint density at radius 2 is 1.94 bits per heavy atom. The lowest BCUT2D eigenvalue weighted by molar-refractivity contribution is -0.0493. The average Bonchev–Trinajstić information content (AvgIpc) is 3.36. The molecular weight excluding hydrogens is 432 g/mol. The molecule has 2 fully saturated rings. The fourth-order valence-electron chi connectivity index (χ4n) is 4.38. The molecule has 0 N–H and O–H groups in total. The molecule has 3 heterocycles. The van der Waals surface area contributed by atoms with E-state index < -0.39 is 5.92 Å². The Morgan fingerprint density at radius 1 is 1.22 bits per heavy atom. The SMILES string of the molecule is Cc1nc(-c2ccc(OCCCN3CCC[C@@H]3C)cc2)sc1C(=O)N1CCC(F)(F)CC1. The van der Waals surface area contributed by atoms with Crippen LogP contribution in [0.1, 0.15) is 54.4 Å². The van der Waals surface area contributed by atoms with Gasteiger partial charge in [0.15, 0.2) is 0 Å². The van der Waals surface area contributed by atoms with Gasteiger partial charge in [-0.15, -0.1) is 11.3 Å². The van der Waals surface area contributed by atoms with Crippen LogP contribution >= 0.6 is 11.3 Å². The van der Waals surface area contributed by atoms with E-state index in [1.165, 1.54) is 35.6 Å². The van der Waals surface area contributed by atoms with Crippen molar-refractivity contribution in [2.45, 2.75) is 57.9 Å². The van der Waals surface area contributed by atoms with E-state index in [0.717, 1.165) is 29.3 Å². The topological polar surface area (TPSA) is 45.7 Å². The third-order valence-electron chi connectivity index (χ3n) is 6.42. The molecule has 0 radical (unpaired) electrons. The highest BCUT2D eigenvalue weighted by atomic mass is 32.1. The van der Waals surface area contributed by atoms with E-state index in [2.05, 4.69) is 16.8 Å². The van der Waals surface area contributed by atoms with Crippen molar-refractivity contribution in [3.63, 3.8) is 0 Å². The monoisotopic (exact) mass is 463 g/mol. The van der Waals surface area contributed by atoms with E-state index in [1.54, 1.807) is 6.92 Å². The number of piperidine rings is 1. The quantitative estimate of drug-likeness (QED) is 0.527. The Kier molecular flexibility index (Phi) is 7.10. The van der Waals surface area contributed by atoms with Crippen LogP contribution in [0.4, 0.5) is 8.78 Å². The minimum Gasteiger partial charge on any atom is -0.494 e. The maximum absolute atomic E-state index is 13.4. The first-order valence-electron chi connectivity index (χ1n) is 11.4. The van der Waals surface area contributed by atoms with E-state index in [1.807, 2.05) is 24.3 Å². The van der Waals surface area contributed by atoms with Gasteiger partial charge in [0.05, 0.1) is 12.3 Å². The van der Waals surface area contributed by atoms with Gasteiger partial charge in [-0.05, 0) is 63.9 Å². The van der Waals surface area contributed by atoms with E-state index in [0.29, 0.717) is 23.2 Å². The molecule has 2 aromatic rings. The van der Waals surface area contributed by atoms with E-state index in [-0.39, 0.29) is 31.8 Å². The van der Waals surface area contributed by atoms with Gasteiger partial charge in [0, 0.05) is 44.1 Å². The van der Waals surface area contributed by atoms with Gasteiger partial charge in [0.1, 0.15) is 15.6 Å². The first-order chi connectivity index (χ1) is 15.3. The predicted molar refractivity (Wildman–Crippen MR) is 123 cm³/mol. The molecule has 0 bridgehead atoms. The van der Waals surface area contributed by atoms with Gasteiger partial charge in [-0.2, -0.15) is 0 Å². The largest absolute Gasteiger partial charge is 0.494 e. The van der Waals surface area contributed by atoms with Crippen molar-refractivity contribution < 1.29 is 18.3 Å². The summed E-state index contributed by atoms with van der Waals surface area (Å²) in [5.41, 5.74) is 1.56. The zero-order valence-electron chi connectivity index (χ0n) is 18.8. The predicted octanol–water partition coefficient (Wildman–Crippen LogP) is 5.24. The zero-order valence-corrected chi connectivity index (χ0v) is 19.6. The van der Waals surface area contributed by atoms with Crippen LogP contribution in [0.2, 0.25) is 0 Å². The number of carbonyl (C=O) groups is 1. The number of aryl methyl sites for hydroxylation is 1. The van der Waals surface area contributed by atoms with Crippen molar-refractivity contribution in [2.75, 3.05) is 32.8 Å². The van der Waals surface area contributed by atoms with Crippen molar-refractivity contribution in [3.8, 4) is 16.3 Å². The fourth-order valence-corrected chi connectivity index (χ4v) is 5.41. The third kappa shape index (κ3) is 5.46. The molecule has 0 saturated carbocycles. The molecule has 2 aliphatic heterocycles. The molecule has 8 heteroatoms. The molecule has 174 valence electrons. The first kappa shape index (κ1) is 23.1. The summed E-state index contributed by atoms with van der Waals surface area (Å²) in [7, 11) is 0. The number of alkyl halides is 2. The van der Waals surface area contributed by atoms with Gasteiger partial charge < -0.3 is 14.5 Å². The molecule has 5 nitrogen and oxygen atoms in total. The highest BCUT2D eigenvalue weighted by molar-refractivity contribution is 7.17. The molecule has 1 aromatic heterocycles. The fraction of sp³-hybridized carbons (Fsp3) is 0.583. The van der Waals surface area contributed by atoms with Crippen molar-refractivity contribution in [1.29, 1.82) is 0 Å². The normalized spacial score (nSPS) is 21.1. The van der Waals surface area contributed by atoms with Gasteiger partial charge >= 0.3 is 0 Å². The Balaban J connectivity index is 1.31. The summed E-state index contributed by atoms with van der Waals surface area (Å²) < 4.78 is 32.7. The number of thiazole rings is 1. The Morgan fingerprint density at radius 3 is 2.59 bits per heavy atom. The van der Waals surface area contributed by atoms with Gasteiger partial charge in [0.2, 0.25) is 0 Å². The second-order valence-electron chi connectivity index (χ2n) is 8.84. The molecule has 32 heavy (non-hydrogen) atoms. The van der Waals surface area contributed by atoms with Gasteiger partial charge in [-0.25, -0.2) is 13.8 Å². The Hall–Kier alpha value is -2.06. The summed E-state index contributed by atoms with van der Waals surface area (Å²) in [6.07, 6.45) is 3.04. The summed E-state index contributed by atoms with van der Waals surface area (Å²) in [6, 6.07) is 8.44. The molecular formula is C24H31F2N3O2S. The van der Waals surface area contributed by atoms with Gasteiger partial charge in [0.25, 0.3) is 11.8 Å². The van der Waals surface area contributed by atoms with Crippen molar-refractivity contribution >= 4 is 17.2 Å². The van der Waals surface area contributed by atoms with Crippen LogP contribution < -0.4 is 4.74 Å². The Labute approximate surface area is 192 Å². The summed E-state index contributed by atoms with van der Waals surface area (Å²) in [6.45, 7) is 7.21. The number of nitrogens with zero attached hydrogens (tertiary/aromatic N) is 3. The minimum absolute atomic E-state index is 0.0845. The number of rotatable bonds is 7. The van der Waals surface area contributed by atoms with Crippen LogP contribution in [-0.2, 0) is 0 Å². The smallest absolute Gasteiger partial charge is 0.265 e. The molecule has 1 aromatic carbocycles. The molecule has 1 atom stereocenters. The van der Waals surface area contributed by atoms with Crippen molar-refractivity contribution in [1.82, 2.24) is 14.8 Å². The first-order valence-corrected chi connectivity index (χ1v) is 12.3. The number of halogens is 2. The number of hydrogen-bond donors (Lipinski definition) is 0. The number of aromatic nitrogens is 1. The lowest BCUT2D eigenvalue weighted by Gasteiger charge is -2.31. The maximum atomic E-state index is 13.4. The maximum Gasteiger partial charge on any atom is 0.265 e. The highest BCUT2D eigenvalue weighted by Gasteiger charge is 2.36. The summed E-state index contributed by atoms with van der Waals surface area (Å²) in [4.78, 5) is 21.9. The highest BCUT2D eigenvalue weighted by Crippen LogP contribution is 2.32. The van der Waals surface area contributed by atoms with Crippen LogP contribution in [0.5, 0.6) is 5.75 Å². The number of hydrogen-bond acceptors (Lipinski definition) is 5. The van der Waals surface area contributed by atoms with Crippen LogP contribution in [0.25, 0.3) is 10.6 Å². The number of carbonyl (C=O) groups excluding carboxylic acids is 1. The molecule has 0 aliphatic carbocycles. The third-order valence-corrected chi connectivity index (χ3v) is 7.62. The summed E-state index contributed by atoms with van der Waals surface area (Å²) in [5.74, 6) is -2.04. The second-order valence-corrected chi connectivity index (χ2v) is 9.83. The van der Waals surface area contributed by atoms with Crippen molar-refractivity contribution in [2.24, 2.45) is 0 Å². The van der Waals surface area contributed by atoms with Crippen LogP contribution in [-0.4, -0.2) is 65.4 Å². The van der Waals surface area contributed by atoms with Crippen LogP contribution in [0.15, 0.2) is 24.3 Å². The molecule has 0 spiro atoms. The van der Waals surface area contributed by atoms with E-state index in [9.17, 15) is 13.6 Å². The molecule has 4 rings (SSSR count). The number of ether oxygens (including phenoxy) is 1. The lowest BCUT2D eigenvalue weighted by Crippen LogP contribution is -2.42. The minimum atomic E-state index is -2.67. The number of likely N-dealkylation sites (tertiary alicyclic amines) is 2. The number of amides is 1. The summed E-state index contributed by atoms with van der Waals surface area (Å²) in [5, 5.41) is 0.753. The summed E-state index contributed by atoms with van der Waals surface area (Å²) >= 11 is 1.32. The van der Waals surface area contributed by atoms with Gasteiger partial charge in [-0.3, -0.25) is 4.79 Å². The standard InChI is InChI=1S/C24H31F2N3O2S/c1-17-5-3-12-28(17)13-4-16-31-20-8-6-19(7-9-20)22-27-18(2)21(32-22)23(30)29-14-10-24(25,26)11-15-29/h6-9,17H,3-5,10-16H2,1-2H3/t17-/m0/s1. The molecule has 0 unspecified atom stereocenters. The lowest BCUT2D eigenvalue weighted by atomic mass is 10.1. The molecule has 1 amide bonds. The van der Waals surface area contributed by atoms with Crippen molar-refractivity contribution in [3.05, 3.63) is 34.8 Å². The van der Waals surface area contributed by atoms with E-state index >= 15 is 0 Å². The van der Waals surface area contributed by atoms with Crippen LogP contribution in [0.3, 0.4) is 0 Å². The second kappa shape index (κ2) is 9.83. The number of benzene rings is 1.